The van der Waals surface area contributed by atoms with Crippen molar-refractivity contribution in [3.63, 3.8) is 0 Å². The largest absolute Gasteiger partial charge is 0.0843 e. The van der Waals surface area contributed by atoms with Crippen LogP contribution in [-0.4, -0.2) is 0 Å². The molecule has 0 saturated heterocycles. The lowest BCUT2D eigenvalue weighted by Gasteiger charge is -2.36. The van der Waals surface area contributed by atoms with Crippen LogP contribution in [-0.2, 0) is 16.2 Å². The normalized spacial score (nSPS) is 15.1. The summed E-state index contributed by atoms with van der Waals surface area (Å²) in [6.07, 6.45) is 0. The maximum atomic E-state index is 6.72. The molecule has 0 bridgehead atoms. The molecule has 2 aliphatic rings. The molecule has 6 rings (SSSR count). The van der Waals surface area contributed by atoms with Gasteiger partial charge in [-0.25, -0.2) is 0 Å². The molecule has 1 heteroatoms. The molecule has 0 saturated carbocycles. The topological polar surface area (TPSA) is 0 Å². The van der Waals surface area contributed by atoms with Gasteiger partial charge in [-0.3, -0.25) is 0 Å². The molecule has 2 aliphatic carbocycles. The van der Waals surface area contributed by atoms with Crippen LogP contribution in [0.4, 0.5) is 0 Å². The molecule has 170 valence electrons. The van der Waals surface area contributed by atoms with Gasteiger partial charge in [-0.2, -0.15) is 0 Å². The number of hydrogen-bond donors (Lipinski definition) is 0. The number of hydrogen-bond acceptors (Lipinski definition) is 0. The molecule has 0 aliphatic heterocycles. The van der Waals surface area contributed by atoms with E-state index in [4.69, 9.17) is 11.6 Å². The summed E-state index contributed by atoms with van der Waals surface area (Å²) in [5.74, 6) is 0. The molecule has 0 fully saturated rings. The second-order valence-corrected chi connectivity index (χ2v) is 12.4. The minimum atomic E-state index is -0.359. The average Bonchev–Trinajstić information content (AvgIpc) is 3.24. The Morgan fingerprint density at radius 2 is 1.12 bits per heavy atom. The molecule has 0 atom stereocenters. The standard InChI is InChI=1S/C33H31Cl/c1-31(2,3)20-17-25-24-16-15-21(34)19-28(24)33(30(25)29(18-20)32(4,5)6)26-13-9-7-11-22(26)23-12-8-10-14-27(23)33/h7-19H,1-6H3. The summed E-state index contributed by atoms with van der Waals surface area (Å²) in [7, 11) is 0. The van der Waals surface area contributed by atoms with Crippen LogP contribution in [0, 0.1) is 0 Å². The van der Waals surface area contributed by atoms with Gasteiger partial charge in [0, 0.05) is 5.02 Å². The van der Waals surface area contributed by atoms with Gasteiger partial charge < -0.3 is 0 Å². The van der Waals surface area contributed by atoms with Crippen molar-refractivity contribution in [1.29, 1.82) is 0 Å². The Labute approximate surface area is 208 Å². The molecule has 4 aromatic carbocycles. The second kappa shape index (κ2) is 6.86. The van der Waals surface area contributed by atoms with Crippen molar-refractivity contribution >= 4 is 11.6 Å². The summed E-state index contributed by atoms with van der Waals surface area (Å²) >= 11 is 6.72. The summed E-state index contributed by atoms with van der Waals surface area (Å²) in [6, 6.07) is 29.4. The molecule has 34 heavy (non-hydrogen) atoms. The van der Waals surface area contributed by atoms with Crippen LogP contribution in [0.5, 0.6) is 0 Å². The number of halogens is 1. The highest BCUT2D eigenvalue weighted by Gasteiger charge is 2.53. The van der Waals surface area contributed by atoms with E-state index in [1.807, 2.05) is 0 Å². The van der Waals surface area contributed by atoms with Gasteiger partial charge >= 0.3 is 0 Å². The van der Waals surface area contributed by atoms with E-state index in [1.165, 1.54) is 55.6 Å². The van der Waals surface area contributed by atoms with Crippen LogP contribution in [0.1, 0.15) is 74.9 Å². The van der Waals surface area contributed by atoms with Crippen LogP contribution in [0.3, 0.4) is 0 Å². The Morgan fingerprint density at radius 1 is 0.559 bits per heavy atom. The van der Waals surface area contributed by atoms with Crippen molar-refractivity contribution in [2.75, 3.05) is 0 Å². The van der Waals surface area contributed by atoms with E-state index in [1.54, 1.807) is 0 Å². The van der Waals surface area contributed by atoms with Crippen molar-refractivity contribution in [2.24, 2.45) is 0 Å². The molecule has 0 amide bonds. The van der Waals surface area contributed by atoms with Crippen LogP contribution >= 0.6 is 11.6 Å². The number of rotatable bonds is 0. The molecule has 0 unspecified atom stereocenters. The maximum Gasteiger partial charge on any atom is 0.0728 e. The summed E-state index contributed by atoms with van der Waals surface area (Å²) in [4.78, 5) is 0. The van der Waals surface area contributed by atoms with Crippen molar-refractivity contribution < 1.29 is 0 Å². The fourth-order valence-corrected chi connectivity index (χ4v) is 6.45. The van der Waals surface area contributed by atoms with Gasteiger partial charge in [0.25, 0.3) is 0 Å². The Hall–Kier alpha value is -2.83. The molecular formula is C33H31Cl. The van der Waals surface area contributed by atoms with Gasteiger partial charge in [-0.1, -0.05) is 120 Å². The average molecular weight is 463 g/mol. The highest BCUT2D eigenvalue weighted by Crippen LogP contribution is 2.64. The third kappa shape index (κ3) is 2.72. The minimum absolute atomic E-state index is 0.0172. The zero-order valence-electron chi connectivity index (χ0n) is 20.9. The molecular weight excluding hydrogens is 432 g/mol. The maximum absolute atomic E-state index is 6.72. The van der Waals surface area contributed by atoms with E-state index in [0.717, 1.165) is 5.02 Å². The predicted octanol–water partition coefficient (Wildman–Crippen LogP) is 9.28. The third-order valence-corrected chi connectivity index (χ3v) is 8.05. The lowest BCUT2D eigenvalue weighted by Crippen LogP contribution is -2.30. The Bertz CT molecular complexity index is 1430. The van der Waals surface area contributed by atoms with Crippen LogP contribution in [0.15, 0.2) is 78.9 Å². The molecule has 4 aromatic rings. The van der Waals surface area contributed by atoms with Gasteiger partial charge in [0.1, 0.15) is 0 Å². The highest BCUT2D eigenvalue weighted by atomic mass is 35.5. The first-order valence-corrected chi connectivity index (χ1v) is 12.6. The fourth-order valence-electron chi connectivity index (χ4n) is 6.27. The minimum Gasteiger partial charge on any atom is -0.0843 e. The first-order chi connectivity index (χ1) is 16.0. The van der Waals surface area contributed by atoms with Crippen molar-refractivity contribution in [2.45, 2.75) is 57.8 Å². The number of fused-ring (bicyclic) bond motifs is 10. The first kappa shape index (κ1) is 21.7. The van der Waals surface area contributed by atoms with E-state index in [9.17, 15) is 0 Å². The summed E-state index contributed by atoms with van der Waals surface area (Å²) in [6.45, 7) is 14.0. The number of benzene rings is 4. The van der Waals surface area contributed by atoms with E-state index >= 15 is 0 Å². The Balaban J connectivity index is 1.88. The molecule has 0 nitrogen and oxygen atoms in total. The zero-order valence-corrected chi connectivity index (χ0v) is 21.6. The van der Waals surface area contributed by atoms with E-state index < -0.39 is 0 Å². The highest BCUT2D eigenvalue weighted by molar-refractivity contribution is 6.30. The van der Waals surface area contributed by atoms with Gasteiger partial charge in [0.15, 0.2) is 0 Å². The quantitative estimate of drug-likeness (QED) is 0.211. The van der Waals surface area contributed by atoms with Gasteiger partial charge in [0.2, 0.25) is 0 Å². The first-order valence-electron chi connectivity index (χ1n) is 12.2. The van der Waals surface area contributed by atoms with E-state index in [2.05, 4.69) is 120 Å². The molecule has 0 radical (unpaired) electrons. The summed E-state index contributed by atoms with van der Waals surface area (Å²) in [5, 5.41) is 0.793. The third-order valence-electron chi connectivity index (χ3n) is 7.82. The van der Waals surface area contributed by atoms with Crippen molar-refractivity contribution in [3.8, 4) is 22.3 Å². The van der Waals surface area contributed by atoms with Gasteiger partial charge in [-0.05, 0) is 78.6 Å². The van der Waals surface area contributed by atoms with Crippen molar-refractivity contribution in [1.82, 2.24) is 0 Å². The zero-order chi connectivity index (χ0) is 24.0. The molecule has 0 heterocycles. The molecule has 0 N–H and O–H groups in total. The van der Waals surface area contributed by atoms with Gasteiger partial charge in [0.05, 0.1) is 5.41 Å². The summed E-state index contributed by atoms with van der Waals surface area (Å²) in [5.41, 5.74) is 13.3. The van der Waals surface area contributed by atoms with Gasteiger partial charge in [-0.15, -0.1) is 0 Å². The van der Waals surface area contributed by atoms with Crippen LogP contribution < -0.4 is 0 Å². The monoisotopic (exact) mass is 462 g/mol. The van der Waals surface area contributed by atoms with Crippen LogP contribution in [0.2, 0.25) is 5.02 Å². The summed E-state index contributed by atoms with van der Waals surface area (Å²) < 4.78 is 0. The Morgan fingerprint density at radius 3 is 1.68 bits per heavy atom. The lowest BCUT2D eigenvalue weighted by atomic mass is 9.65. The second-order valence-electron chi connectivity index (χ2n) is 12.0. The fraction of sp³-hybridized carbons (Fsp3) is 0.273. The van der Waals surface area contributed by atoms with E-state index in [-0.39, 0.29) is 16.2 Å². The van der Waals surface area contributed by atoms with Crippen molar-refractivity contribution in [3.05, 3.63) is 117 Å². The lowest BCUT2D eigenvalue weighted by molar-refractivity contribution is 0.558. The molecule has 1 spiro atoms. The van der Waals surface area contributed by atoms with E-state index in [0.29, 0.717) is 0 Å². The SMILES string of the molecule is CC(C)(C)c1cc2c(c(C(C)(C)C)c1)C1(c3ccccc3-c3ccccc31)c1cc(Cl)ccc1-2. The predicted molar refractivity (Wildman–Crippen MR) is 145 cm³/mol. The molecule has 0 aromatic heterocycles. The van der Waals surface area contributed by atoms with Crippen LogP contribution in [0.25, 0.3) is 22.3 Å². The smallest absolute Gasteiger partial charge is 0.0728 e. The Kier molecular flexibility index (Phi) is 4.38.